The molecular weight excluding hydrogens is 432 g/mol. The second kappa shape index (κ2) is 6.99. The minimum absolute atomic E-state index is 0.0496. The fourth-order valence-corrected chi connectivity index (χ4v) is 4.35. The Morgan fingerprint density at radius 2 is 2.03 bits per heavy atom. The highest BCUT2D eigenvalue weighted by Crippen LogP contribution is 2.38. The van der Waals surface area contributed by atoms with Gasteiger partial charge in [-0.2, -0.15) is 4.98 Å². The van der Waals surface area contributed by atoms with Gasteiger partial charge in [-0.15, -0.1) is 0 Å². The summed E-state index contributed by atoms with van der Waals surface area (Å²) in [6.45, 7) is 0.0644. The Balaban J connectivity index is 1.45. The average Bonchev–Trinajstić information content (AvgIpc) is 3.36. The highest BCUT2D eigenvalue weighted by atomic mass is 35.5. The molecule has 1 aliphatic rings. The number of sulfonamides is 1. The van der Waals surface area contributed by atoms with Crippen LogP contribution >= 0.6 is 11.6 Å². The number of halogens is 1. The molecule has 2 heterocycles. The van der Waals surface area contributed by atoms with Gasteiger partial charge >= 0.3 is 5.76 Å². The van der Waals surface area contributed by atoms with Crippen LogP contribution in [0.1, 0.15) is 30.5 Å². The van der Waals surface area contributed by atoms with Gasteiger partial charge in [0.1, 0.15) is 0 Å². The number of oxazole rings is 1. The molecule has 2 aromatic heterocycles. The van der Waals surface area contributed by atoms with Gasteiger partial charge in [-0.05, 0) is 43.2 Å². The Kier molecular flexibility index (Phi) is 4.40. The van der Waals surface area contributed by atoms with Gasteiger partial charge < -0.3 is 8.94 Å². The normalized spacial score (nSPS) is 14.3. The Morgan fingerprint density at radius 3 is 2.80 bits per heavy atom. The molecule has 0 unspecified atom stereocenters. The van der Waals surface area contributed by atoms with E-state index in [9.17, 15) is 13.2 Å². The van der Waals surface area contributed by atoms with E-state index in [-0.39, 0.29) is 17.0 Å². The second-order valence-corrected chi connectivity index (χ2v) is 9.14. The number of hydrogen-bond donors (Lipinski definition) is 1. The molecule has 0 saturated heterocycles. The van der Waals surface area contributed by atoms with Crippen LogP contribution in [0.2, 0.25) is 5.02 Å². The summed E-state index contributed by atoms with van der Waals surface area (Å²) >= 11 is 5.90. The lowest BCUT2D eigenvalue weighted by Crippen LogP contribution is -2.15. The molecule has 30 heavy (non-hydrogen) atoms. The van der Waals surface area contributed by atoms with Crippen molar-refractivity contribution in [2.75, 3.05) is 4.72 Å². The molecule has 11 heteroatoms. The first-order valence-electron chi connectivity index (χ1n) is 9.13. The third-order valence-corrected chi connectivity index (χ3v) is 6.35. The van der Waals surface area contributed by atoms with Gasteiger partial charge in [0.25, 0.3) is 10.0 Å². The van der Waals surface area contributed by atoms with Crippen molar-refractivity contribution < 1.29 is 17.4 Å². The average molecular weight is 447 g/mol. The number of fused-ring (bicyclic) bond motifs is 1. The maximum Gasteiger partial charge on any atom is 0.420 e. The van der Waals surface area contributed by atoms with Crippen molar-refractivity contribution in [1.82, 2.24) is 14.7 Å². The molecule has 0 spiro atoms. The molecule has 1 aliphatic carbocycles. The van der Waals surface area contributed by atoms with E-state index in [4.69, 9.17) is 20.5 Å². The van der Waals surface area contributed by atoms with Crippen LogP contribution in [0, 0.1) is 0 Å². The quantitative estimate of drug-likeness (QED) is 0.482. The second-order valence-electron chi connectivity index (χ2n) is 7.02. The summed E-state index contributed by atoms with van der Waals surface area (Å²) in [5.74, 6) is 0.608. The Bertz CT molecular complexity index is 1420. The number of rotatable bonds is 6. The molecule has 0 aliphatic heterocycles. The highest BCUT2D eigenvalue weighted by Gasteiger charge is 2.29. The molecule has 1 saturated carbocycles. The zero-order valence-corrected chi connectivity index (χ0v) is 17.0. The van der Waals surface area contributed by atoms with E-state index in [0.29, 0.717) is 33.9 Å². The fourth-order valence-electron chi connectivity index (χ4n) is 3.10. The number of hydrogen-bond acceptors (Lipinski definition) is 7. The van der Waals surface area contributed by atoms with E-state index in [2.05, 4.69) is 14.9 Å². The van der Waals surface area contributed by atoms with E-state index < -0.39 is 15.8 Å². The Labute approximate surface area is 175 Å². The molecule has 1 fully saturated rings. The SMILES string of the molecule is O=c1oc2cc(S(=O)(=O)Nc3cccc(Cl)c3)ccc2n1Cc1noc(C2CC2)n1. The molecule has 0 bridgehead atoms. The smallest absolute Gasteiger partial charge is 0.408 e. The summed E-state index contributed by atoms with van der Waals surface area (Å²) < 4.78 is 39.6. The van der Waals surface area contributed by atoms with E-state index in [1.54, 1.807) is 18.2 Å². The summed E-state index contributed by atoms with van der Waals surface area (Å²) in [6.07, 6.45) is 2.05. The van der Waals surface area contributed by atoms with Crippen molar-refractivity contribution in [1.29, 1.82) is 0 Å². The van der Waals surface area contributed by atoms with Gasteiger partial charge in [0, 0.05) is 17.0 Å². The maximum absolute atomic E-state index is 12.7. The third kappa shape index (κ3) is 3.59. The monoisotopic (exact) mass is 446 g/mol. The van der Waals surface area contributed by atoms with Gasteiger partial charge in [-0.25, -0.2) is 13.2 Å². The molecule has 4 aromatic rings. The first-order chi connectivity index (χ1) is 14.4. The minimum atomic E-state index is -3.90. The molecule has 5 rings (SSSR count). The van der Waals surface area contributed by atoms with Gasteiger partial charge in [0.2, 0.25) is 5.89 Å². The summed E-state index contributed by atoms with van der Waals surface area (Å²) in [5, 5.41) is 4.31. The first-order valence-corrected chi connectivity index (χ1v) is 11.0. The predicted molar refractivity (Wildman–Crippen MR) is 108 cm³/mol. The van der Waals surface area contributed by atoms with Crippen LogP contribution in [0.15, 0.2) is 61.1 Å². The number of benzene rings is 2. The summed E-state index contributed by atoms with van der Waals surface area (Å²) in [5.41, 5.74) is 0.893. The molecule has 0 atom stereocenters. The van der Waals surface area contributed by atoms with E-state index in [1.165, 1.54) is 28.8 Å². The van der Waals surface area contributed by atoms with Gasteiger partial charge in [0.15, 0.2) is 11.4 Å². The third-order valence-electron chi connectivity index (χ3n) is 4.74. The largest absolute Gasteiger partial charge is 0.420 e. The van der Waals surface area contributed by atoms with Crippen LogP contribution in [0.3, 0.4) is 0 Å². The number of anilines is 1. The first kappa shape index (κ1) is 18.9. The zero-order valence-electron chi connectivity index (χ0n) is 15.4. The summed E-state index contributed by atoms with van der Waals surface area (Å²) in [7, 11) is -3.90. The van der Waals surface area contributed by atoms with Gasteiger partial charge in [-0.3, -0.25) is 9.29 Å². The van der Waals surface area contributed by atoms with Crippen molar-refractivity contribution in [2.24, 2.45) is 0 Å². The number of nitrogens with zero attached hydrogens (tertiary/aromatic N) is 3. The number of aromatic nitrogens is 3. The summed E-state index contributed by atoms with van der Waals surface area (Å²) in [6, 6.07) is 10.6. The van der Waals surface area contributed by atoms with Crippen LogP contribution in [0.25, 0.3) is 11.1 Å². The standard InChI is InChI=1S/C19H15ClN4O5S/c20-12-2-1-3-13(8-12)23-30(26,27)14-6-7-15-16(9-14)28-19(25)24(15)10-17-21-18(29-22-17)11-4-5-11/h1-3,6-9,11,23H,4-5,10H2. The fraction of sp³-hybridized carbons (Fsp3) is 0.211. The molecule has 9 nitrogen and oxygen atoms in total. The van der Waals surface area contributed by atoms with Crippen molar-refractivity contribution in [3.8, 4) is 0 Å². The van der Waals surface area contributed by atoms with Gasteiger partial charge in [0.05, 0.1) is 22.6 Å². The predicted octanol–water partition coefficient (Wildman–Crippen LogP) is 3.36. The topological polar surface area (TPSA) is 120 Å². The Hall–Kier alpha value is -3.11. The molecule has 1 N–H and O–H groups in total. The van der Waals surface area contributed by atoms with Crippen molar-refractivity contribution in [3.05, 3.63) is 69.8 Å². The van der Waals surface area contributed by atoms with Crippen LogP contribution < -0.4 is 10.5 Å². The summed E-state index contributed by atoms with van der Waals surface area (Å²) in [4.78, 5) is 16.6. The van der Waals surface area contributed by atoms with Crippen LogP contribution in [-0.2, 0) is 16.6 Å². The van der Waals surface area contributed by atoms with Gasteiger partial charge in [-0.1, -0.05) is 22.8 Å². The van der Waals surface area contributed by atoms with E-state index >= 15 is 0 Å². The van der Waals surface area contributed by atoms with Crippen LogP contribution in [0.4, 0.5) is 5.69 Å². The molecule has 0 amide bonds. The van der Waals surface area contributed by atoms with E-state index in [1.807, 2.05) is 0 Å². The van der Waals surface area contributed by atoms with E-state index in [0.717, 1.165) is 12.8 Å². The van der Waals surface area contributed by atoms with Crippen molar-refractivity contribution >= 4 is 38.4 Å². The lowest BCUT2D eigenvalue weighted by Gasteiger charge is -2.08. The van der Waals surface area contributed by atoms with Crippen molar-refractivity contribution in [2.45, 2.75) is 30.2 Å². The minimum Gasteiger partial charge on any atom is -0.408 e. The molecule has 2 aromatic carbocycles. The molecular formula is C19H15ClN4O5S. The van der Waals surface area contributed by atoms with Crippen LogP contribution in [-0.4, -0.2) is 23.1 Å². The van der Waals surface area contributed by atoms with Crippen molar-refractivity contribution in [3.63, 3.8) is 0 Å². The zero-order chi connectivity index (χ0) is 20.9. The lowest BCUT2D eigenvalue weighted by atomic mass is 10.3. The maximum atomic E-state index is 12.7. The highest BCUT2D eigenvalue weighted by molar-refractivity contribution is 7.92. The lowest BCUT2D eigenvalue weighted by molar-refractivity contribution is 0.372. The van der Waals surface area contributed by atoms with Crippen LogP contribution in [0.5, 0.6) is 0 Å². The molecule has 0 radical (unpaired) electrons. The number of nitrogens with one attached hydrogen (secondary N) is 1. The molecule has 154 valence electrons. The Morgan fingerprint density at radius 1 is 1.20 bits per heavy atom.